The van der Waals surface area contributed by atoms with Gasteiger partial charge in [0.15, 0.2) is 0 Å². The van der Waals surface area contributed by atoms with Crippen LogP contribution in [0.3, 0.4) is 0 Å². The summed E-state index contributed by atoms with van der Waals surface area (Å²) in [5, 5.41) is 1.27. The Kier molecular flexibility index (Phi) is 4.93. The standard InChI is InChI=1S/C18H17BrCl2/c19-18-14(10-12-8-9-16(20)17(21)11-12)6-3-5-13-4-1-2-7-15(13)18/h1-2,4,7-9,11,14,18H,3,5-6,10H2. The van der Waals surface area contributed by atoms with E-state index in [1.54, 1.807) is 0 Å². The summed E-state index contributed by atoms with van der Waals surface area (Å²) in [5.41, 5.74) is 4.19. The zero-order valence-electron chi connectivity index (χ0n) is 11.7. The molecule has 2 aromatic carbocycles. The number of hydrogen-bond acceptors (Lipinski definition) is 0. The fourth-order valence-electron chi connectivity index (χ4n) is 3.16. The highest BCUT2D eigenvalue weighted by molar-refractivity contribution is 9.09. The van der Waals surface area contributed by atoms with Crippen LogP contribution in [0.1, 0.15) is 34.4 Å². The lowest BCUT2D eigenvalue weighted by atomic mass is 9.90. The summed E-state index contributed by atoms with van der Waals surface area (Å²) in [6, 6.07) is 14.8. The molecule has 0 saturated heterocycles. The minimum absolute atomic E-state index is 0.408. The smallest absolute Gasteiger partial charge is 0.0595 e. The van der Waals surface area contributed by atoms with Crippen molar-refractivity contribution < 1.29 is 0 Å². The van der Waals surface area contributed by atoms with Crippen LogP contribution in [0.25, 0.3) is 0 Å². The van der Waals surface area contributed by atoms with E-state index in [4.69, 9.17) is 23.2 Å². The van der Waals surface area contributed by atoms with Gasteiger partial charge in [0.05, 0.1) is 10.0 Å². The quantitative estimate of drug-likeness (QED) is 0.403. The number of fused-ring (bicyclic) bond motifs is 1. The van der Waals surface area contributed by atoms with Gasteiger partial charge in [0.1, 0.15) is 0 Å². The van der Waals surface area contributed by atoms with Gasteiger partial charge in [-0.1, -0.05) is 69.5 Å². The first-order chi connectivity index (χ1) is 10.1. The van der Waals surface area contributed by atoms with Crippen LogP contribution >= 0.6 is 39.1 Å². The highest BCUT2D eigenvalue weighted by atomic mass is 79.9. The Bertz CT molecular complexity index is 639. The van der Waals surface area contributed by atoms with Gasteiger partial charge in [0, 0.05) is 4.83 Å². The molecule has 2 atom stereocenters. The first kappa shape index (κ1) is 15.4. The summed E-state index contributed by atoms with van der Waals surface area (Å²) >= 11 is 16.1. The summed E-state index contributed by atoms with van der Waals surface area (Å²) < 4.78 is 0. The molecule has 0 N–H and O–H groups in total. The number of rotatable bonds is 2. The van der Waals surface area contributed by atoms with E-state index < -0.39 is 0 Å². The fourth-order valence-corrected chi connectivity index (χ4v) is 4.38. The average molecular weight is 384 g/mol. The minimum atomic E-state index is 0.408. The molecular formula is C18H17BrCl2. The predicted molar refractivity (Wildman–Crippen MR) is 94.7 cm³/mol. The second-order valence-electron chi connectivity index (χ2n) is 5.71. The van der Waals surface area contributed by atoms with E-state index in [2.05, 4.69) is 46.3 Å². The molecule has 3 heteroatoms. The molecule has 0 heterocycles. The maximum Gasteiger partial charge on any atom is 0.0595 e. The Morgan fingerprint density at radius 1 is 1.05 bits per heavy atom. The third-order valence-electron chi connectivity index (χ3n) is 4.27. The lowest BCUT2D eigenvalue weighted by Crippen LogP contribution is -2.10. The summed E-state index contributed by atoms with van der Waals surface area (Å²) in [6.07, 6.45) is 4.67. The monoisotopic (exact) mass is 382 g/mol. The molecule has 3 rings (SSSR count). The van der Waals surface area contributed by atoms with Crippen molar-refractivity contribution in [3.05, 3.63) is 69.2 Å². The van der Waals surface area contributed by atoms with Crippen molar-refractivity contribution >= 4 is 39.1 Å². The Balaban J connectivity index is 1.84. The molecule has 0 aromatic heterocycles. The van der Waals surface area contributed by atoms with Gasteiger partial charge in [-0.3, -0.25) is 0 Å². The topological polar surface area (TPSA) is 0 Å². The van der Waals surface area contributed by atoms with Crippen molar-refractivity contribution in [2.45, 2.75) is 30.5 Å². The van der Waals surface area contributed by atoms with Crippen molar-refractivity contribution in [2.24, 2.45) is 5.92 Å². The molecule has 0 fully saturated rings. The van der Waals surface area contributed by atoms with Crippen LogP contribution < -0.4 is 0 Å². The van der Waals surface area contributed by atoms with E-state index in [1.165, 1.54) is 36.0 Å². The van der Waals surface area contributed by atoms with Gasteiger partial charge in [-0.15, -0.1) is 0 Å². The molecule has 0 saturated carbocycles. The van der Waals surface area contributed by atoms with E-state index in [1.807, 2.05) is 12.1 Å². The van der Waals surface area contributed by atoms with Gasteiger partial charge >= 0.3 is 0 Å². The maximum absolute atomic E-state index is 6.14. The van der Waals surface area contributed by atoms with Crippen molar-refractivity contribution in [2.75, 3.05) is 0 Å². The first-order valence-electron chi connectivity index (χ1n) is 7.31. The normalized spacial score (nSPS) is 21.7. The molecule has 0 aliphatic heterocycles. The van der Waals surface area contributed by atoms with Gasteiger partial charge in [-0.25, -0.2) is 0 Å². The van der Waals surface area contributed by atoms with E-state index in [9.17, 15) is 0 Å². The number of halogens is 3. The van der Waals surface area contributed by atoms with Crippen LogP contribution in [0.15, 0.2) is 42.5 Å². The van der Waals surface area contributed by atoms with Crippen molar-refractivity contribution in [3.8, 4) is 0 Å². The Hall–Kier alpha value is -0.500. The van der Waals surface area contributed by atoms with Crippen molar-refractivity contribution in [1.29, 1.82) is 0 Å². The summed E-state index contributed by atoms with van der Waals surface area (Å²) in [7, 11) is 0. The van der Waals surface area contributed by atoms with Gasteiger partial charge in [0.25, 0.3) is 0 Å². The van der Waals surface area contributed by atoms with E-state index in [0.717, 1.165) is 6.42 Å². The van der Waals surface area contributed by atoms with Crippen LogP contribution in [0.4, 0.5) is 0 Å². The molecule has 2 aromatic rings. The third-order valence-corrected chi connectivity index (χ3v) is 6.25. The molecule has 0 nitrogen and oxygen atoms in total. The van der Waals surface area contributed by atoms with Crippen molar-refractivity contribution in [1.82, 2.24) is 0 Å². The number of aryl methyl sites for hydroxylation is 1. The highest BCUT2D eigenvalue weighted by Gasteiger charge is 2.25. The Morgan fingerprint density at radius 3 is 2.67 bits per heavy atom. The van der Waals surface area contributed by atoms with Crippen LogP contribution in [0.5, 0.6) is 0 Å². The largest absolute Gasteiger partial charge is 0.0836 e. The summed E-state index contributed by atoms with van der Waals surface area (Å²) in [5.74, 6) is 0.589. The van der Waals surface area contributed by atoms with Crippen LogP contribution in [0, 0.1) is 5.92 Å². The SMILES string of the molecule is Clc1ccc(CC2CCCc3ccccc3C2Br)cc1Cl. The van der Waals surface area contributed by atoms with Crippen LogP contribution in [-0.4, -0.2) is 0 Å². The molecule has 2 unspecified atom stereocenters. The molecule has 110 valence electrons. The van der Waals surface area contributed by atoms with Gasteiger partial charge in [-0.2, -0.15) is 0 Å². The highest BCUT2D eigenvalue weighted by Crippen LogP contribution is 2.41. The van der Waals surface area contributed by atoms with E-state index >= 15 is 0 Å². The lowest BCUT2D eigenvalue weighted by Gasteiger charge is -2.22. The van der Waals surface area contributed by atoms with Crippen molar-refractivity contribution in [3.63, 3.8) is 0 Å². The van der Waals surface area contributed by atoms with Gasteiger partial charge in [0.2, 0.25) is 0 Å². The van der Waals surface area contributed by atoms with E-state index in [0.29, 0.717) is 20.8 Å². The van der Waals surface area contributed by atoms with Crippen LogP contribution in [0.2, 0.25) is 10.0 Å². The number of alkyl halides is 1. The number of benzene rings is 2. The molecule has 0 bridgehead atoms. The lowest BCUT2D eigenvalue weighted by molar-refractivity contribution is 0.475. The first-order valence-corrected chi connectivity index (χ1v) is 8.98. The second-order valence-corrected chi connectivity index (χ2v) is 7.51. The van der Waals surface area contributed by atoms with Crippen LogP contribution in [-0.2, 0) is 12.8 Å². The second kappa shape index (κ2) is 6.73. The minimum Gasteiger partial charge on any atom is -0.0836 e. The van der Waals surface area contributed by atoms with Gasteiger partial charge in [-0.05, 0) is 60.4 Å². The zero-order valence-corrected chi connectivity index (χ0v) is 14.8. The molecule has 21 heavy (non-hydrogen) atoms. The zero-order chi connectivity index (χ0) is 14.8. The summed E-state index contributed by atoms with van der Waals surface area (Å²) in [6.45, 7) is 0. The summed E-state index contributed by atoms with van der Waals surface area (Å²) in [4.78, 5) is 0.408. The van der Waals surface area contributed by atoms with Gasteiger partial charge < -0.3 is 0 Å². The molecule has 0 spiro atoms. The molecule has 1 aliphatic carbocycles. The third kappa shape index (κ3) is 3.47. The molecule has 0 radical (unpaired) electrons. The predicted octanol–water partition coefficient (Wildman–Crippen LogP) is 6.62. The maximum atomic E-state index is 6.14. The fraction of sp³-hybridized carbons (Fsp3) is 0.333. The molecular weight excluding hydrogens is 367 g/mol. The Morgan fingerprint density at radius 2 is 1.86 bits per heavy atom. The number of hydrogen-bond donors (Lipinski definition) is 0. The average Bonchev–Trinajstić information content (AvgIpc) is 2.64. The molecule has 0 amide bonds. The van der Waals surface area contributed by atoms with E-state index in [-0.39, 0.29) is 0 Å². The molecule has 1 aliphatic rings. The Labute approximate surface area is 144 Å².